The van der Waals surface area contributed by atoms with Crippen LogP contribution in [0, 0.1) is 6.92 Å². The number of aromatic nitrogens is 2. The highest BCUT2D eigenvalue weighted by Crippen LogP contribution is 2.24. The summed E-state index contributed by atoms with van der Waals surface area (Å²) in [6.45, 7) is 5.01. The third-order valence-electron chi connectivity index (χ3n) is 3.52. The fourth-order valence-electron chi connectivity index (χ4n) is 2.48. The van der Waals surface area contributed by atoms with E-state index in [0.717, 1.165) is 12.8 Å². The lowest BCUT2D eigenvalue weighted by Gasteiger charge is -2.23. The number of aryl methyl sites for hydroxylation is 2. The van der Waals surface area contributed by atoms with Gasteiger partial charge in [-0.3, -0.25) is 9.48 Å². The first-order valence-corrected chi connectivity index (χ1v) is 6.34. The zero-order valence-corrected chi connectivity index (χ0v) is 10.9. The summed E-state index contributed by atoms with van der Waals surface area (Å²) in [7, 11) is 0. The van der Waals surface area contributed by atoms with Crippen LogP contribution in [-0.4, -0.2) is 44.9 Å². The van der Waals surface area contributed by atoms with Crippen LogP contribution in [0.3, 0.4) is 0 Å². The van der Waals surface area contributed by atoms with Crippen LogP contribution in [0.4, 0.5) is 5.69 Å². The van der Waals surface area contributed by atoms with E-state index in [4.69, 9.17) is 5.73 Å². The molecule has 0 aliphatic carbocycles. The zero-order chi connectivity index (χ0) is 13.3. The van der Waals surface area contributed by atoms with Crippen LogP contribution in [0.2, 0.25) is 0 Å². The molecule has 1 atom stereocenters. The molecule has 1 aromatic rings. The normalized spacial score (nSPS) is 19.5. The first kappa shape index (κ1) is 12.9. The Morgan fingerprint density at radius 3 is 2.94 bits per heavy atom. The average molecular weight is 252 g/mol. The molecule has 0 radical (unpaired) electrons. The largest absolute Gasteiger partial charge is 0.395 e. The van der Waals surface area contributed by atoms with E-state index in [9.17, 15) is 9.90 Å². The number of aliphatic hydroxyl groups excluding tert-OH is 1. The predicted molar refractivity (Wildman–Crippen MR) is 68.2 cm³/mol. The molecule has 0 spiro atoms. The van der Waals surface area contributed by atoms with Crippen molar-refractivity contribution in [3.63, 3.8) is 0 Å². The highest BCUT2D eigenvalue weighted by molar-refractivity contribution is 5.98. The Morgan fingerprint density at radius 2 is 2.33 bits per heavy atom. The van der Waals surface area contributed by atoms with Crippen molar-refractivity contribution in [2.75, 3.05) is 18.9 Å². The van der Waals surface area contributed by atoms with Crippen LogP contribution < -0.4 is 5.73 Å². The summed E-state index contributed by atoms with van der Waals surface area (Å²) in [4.78, 5) is 14.2. The number of nitrogens with zero attached hydrogens (tertiary/aromatic N) is 3. The third-order valence-corrected chi connectivity index (χ3v) is 3.52. The number of hydrogen-bond donors (Lipinski definition) is 2. The number of aliphatic hydroxyl groups is 1. The molecule has 0 saturated carbocycles. The van der Waals surface area contributed by atoms with Crippen LogP contribution in [0.5, 0.6) is 0 Å². The first-order chi connectivity index (χ1) is 8.60. The van der Waals surface area contributed by atoms with Gasteiger partial charge in [-0.05, 0) is 26.7 Å². The summed E-state index contributed by atoms with van der Waals surface area (Å²) in [6, 6.07) is -0.0857. The number of anilines is 1. The van der Waals surface area contributed by atoms with E-state index in [1.54, 1.807) is 16.5 Å². The van der Waals surface area contributed by atoms with Crippen LogP contribution in [-0.2, 0) is 6.54 Å². The Kier molecular flexibility index (Phi) is 3.56. The summed E-state index contributed by atoms with van der Waals surface area (Å²) < 4.78 is 1.64. The van der Waals surface area contributed by atoms with Gasteiger partial charge in [-0.1, -0.05) is 0 Å². The lowest BCUT2D eigenvalue weighted by atomic mass is 10.2. The van der Waals surface area contributed by atoms with Crippen molar-refractivity contribution in [1.82, 2.24) is 14.7 Å². The molecule has 1 aromatic heterocycles. The number of carbonyl (C=O) groups excluding carboxylic acids is 1. The summed E-state index contributed by atoms with van der Waals surface area (Å²) in [5.74, 6) is -0.119. The predicted octanol–water partition coefficient (Wildman–Crippen LogP) is 0.391. The van der Waals surface area contributed by atoms with Gasteiger partial charge in [0.15, 0.2) is 0 Å². The third kappa shape index (κ3) is 1.96. The second-order valence-corrected chi connectivity index (χ2v) is 4.64. The van der Waals surface area contributed by atoms with Gasteiger partial charge in [0.1, 0.15) is 5.69 Å². The topological polar surface area (TPSA) is 84.4 Å². The van der Waals surface area contributed by atoms with Crippen LogP contribution >= 0.6 is 0 Å². The minimum absolute atomic E-state index is 0.00485. The van der Waals surface area contributed by atoms with Crippen molar-refractivity contribution < 1.29 is 9.90 Å². The summed E-state index contributed by atoms with van der Waals surface area (Å²) in [5.41, 5.74) is 7.53. The van der Waals surface area contributed by atoms with Gasteiger partial charge < -0.3 is 15.7 Å². The Morgan fingerprint density at radius 1 is 1.61 bits per heavy atom. The number of likely N-dealkylation sites (tertiary alicyclic amines) is 1. The van der Waals surface area contributed by atoms with E-state index >= 15 is 0 Å². The molecule has 0 aromatic carbocycles. The van der Waals surface area contributed by atoms with E-state index in [0.29, 0.717) is 30.2 Å². The van der Waals surface area contributed by atoms with Gasteiger partial charge in [0, 0.05) is 13.1 Å². The number of nitrogen functional groups attached to an aromatic ring is 1. The Hall–Kier alpha value is -1.56. The van der Waals surface area contributed by atoms with E-state index in [1.807, 2.05) is 6.92 Å². The molecule has 0 bridgehead atoms. The Bertz CT molecular complexity index is 455. The van der Waals surface area contributed by atoms with Crippen LogP contribution in [0.25, 0.3) is 0 Å². The highest BCUT2D eigenvalue weighted by Gasteiger charge is 2.32. The molecule has 2 heterocycles. The van der Waals surface area contributed by atoms with E-state index in [1.165, 1.54) is 0 Å². The van der Waals surface area contributed by atoms with E-state index < -0.39 is 0 Å². The molecular formula is C12H20N4O2. The molecule has 2 rings (SSSR count). The molecule has 1 fully saturated rings. The summed E-state index contributed by atoms with van der Waals surface area (Å²) in [6.07, 6.45) is 1.78. The molecule has 18 heavy (non-hydrogen) atoms. The van der Waals surface area contributed by atoms with Crippen molar-refractivity contribution in [2.45, 2.75) is 39.3 Å². The SMILES string of the molecule is CCn1nc(C)c(N)c1C(=O)N1CCCC1CO. The number of hydrogen-bond acceptors (Lipinski definition) is 4. The maximum atomic E-state index is 12.5. The molecule has 1 aliphatic rings. The van der Waals surface area contributed by atoms with Crippen molar-refractivity contribution in [3.05, 3.63) is 11.4 Å². The van der Waals surface area contributed by atoms with Gasteiger partial charge in [-0.2, -0.15) is 5.10 Å². The molecule has 1 saturated heterocycles. The molecule has 1 aliphatic heterocycles. The van der Waals surface area contributed by atoms with Gasteiger partial charge in [0.25, 0.3) is 5.91 Å². The zero-order valence-electron chi connectivity index (χ0n) is 10.9. The second-order valence-electron chi connectivity index (χ2n) is 4.64. The maximum absolute atomic E-state index is 12.5. The van der Waals surface area contributed by atoms with Crippen molar-refractivity contribution in [1.29, 1.82) is 0 Å². The fraction of sp³-hybridized carbons (Fsp3) is 0.667. The number of carbonyl (C=O) groups is 1. The standard InChI is InChI=1S/C12H20N4O2/c1-3-16-11(10(13)8(2)14-16)12(18)15-6-4-5-9(15)7-17/h9,17H,3-7,13H2,1-2H3. The lowest BCUT2D eigenvalue weighted by molar-refractivity contribution is 0.0666. The quantitative estimate of drug-likeness (QED) is 0.815. The molecule has 6 heteroatoms. The van der Waals surface area contributed by atoms with Gasteiger partial charge in [-0.15, -0.1) is 0 Å². The van der Waals surface area contributed by atoms with Crippen molar-refractivity contribution in [3.8, 4) is 0 Å². The van der Waals surface area contributed by atoms with Crippen LogP contribution in [0.1, 0.15) is 35.9 Å². The van der Waals surface area contributed by atoms with Gasteiger partial charge >= 0.3 is 0 Å². The number of nitrogens with two attached hydrogens (primary N) is 1. The molecule has 3 N–H and O–H groups in total. The Balaban J connectivity index is 2.33. The smallest absolute Gasteiger partial charge is 0.274 e. The second kappa shape index (κ2) is 4.97. The maximum Gasteiger partial charge on any atom is 0.274 e. The van der Waals surface area contributed by atoms with Gasteiger partial charge in [-0.25, -0.2) is 0 Å². The van der Waals surface area contributed by atoms with Gasteiger partial charge in [0.2, 0.25) is 0 Å². The number of rotatable bonds is 3. The monoisotopic (exact) mass is 252 g/mol. The summed E-state index contributed by atoms with van der Waals surface area (Å²) in [5, 5.41) is 13.5. The van der Waals surface area contributed by atoms with E-state index in [2.05, 4.69) is 5.10 Å². The molecule has 1 unspecified atom stereocenters. The van der Waals surface area contributed by atoms with Crippen molar-refractivity contribution in [2.24, 2.45) is 0 Å². The average Bonchev–Trinajstić information content (AvgIpc) is 2.94. The minimum Gasteiger partial charge on any atom is -0.395 e. The molecule has 6 nitrogen and oxygen atoms in total. The highest BCUT2D eigenvalue weighted by atomic mass is 16.3. The summed E-state index contributed by atoms with van der Waals surface area (Å²) >= 11 is 0. The first-order valence-electron chi connectivity index (χ1n) is 6.34. The Labute approximate surface area is 106 Å². The van der Waals surface area contributed by atoms with Gasteiger partial charge in [0.05, 0.1) is 24.0 Å². The molecule has 100 valence electrons. The molecule has 1 amide bonds. The molecular weight excluding hydrogens is 232 g/mol. The fourth-order valence-corrected chi connectivity index (χ4v) is 2.48. The van der Waals surface area contributed by atoms with Crippen molar-refractivity contribution >= 4 is 11.6 Å². The minimum atomic E-state index is -0.119. The van der Waals surface area contributed by atoms with Crippen LogP contribution in [0.15, 0.2) is 0 Å². The number of amides is 1. The van der Waals surface area contributed by atoms with E-state index in [-0.39, 0.29) is 18.6 Å². The lowest BCUT2D eigenvalue weighted by Crippen LogP contribution is -2.39.